The second-order valence-electron chi connectivity index (χ2n) is 3.63. The predicted octanol–water partition coefficient (Wildman–Crippen LogP) is 2.70. The minimum atomic E-state index is 0.750. The van der Waals surface area contributed by atoms with Gasteiger partial charge in [-0.1, -0.05) is 23.5 Å². The number of anilines is 1. The molecule has 0 spiro atoms. The highest BCUT2D eigenvalue weighted by Crippen LogP contribution is 2.15. The standard InChI is InChI=1S/C12H10N4S/c1-2-10-6-9(3-4-11(10)13-5-1)7-14-12-16-15-8-17-12/h1-6,8H,7H2,(H,14,16). The first kappa shape index (κ1) is 10.2. The van der Waals surface area contributed by atoms with Crippen molar-refractivity contribution < 1.29 is 0 Å². The Balaban J connectivity index is 1.81. The molecule has 3 aromatic rings. The van der Waals surface area contributed by atoms with Gasteiger partial charge < -0.3 is 5.32 Å². The van der Waals surface area contributed by atoms with Crippen molar-refractivity contribution in [2.45, 2.75) is 6.54 Å². The number of hydrogen-bond acceptors (Lipinski definition) is 5. The Bertz CT molecular complexity index is 621. The molecule has 1 aromatic carbocycles. The van der Waals surface area contributed by atoms with Crippen molar-refractivity contribution in [1.29, 1.82) is 0 Å². The van der Waals surface area contributed by atoms with Crippen LogP contribution in [-0.4, -0.2) is 15.2 Å². The summed E-state index contributed by atoms with van der Waals surface area (Å²) in [6.45, 7) is 0.750. The maximum absolute atomic E-state index is 4.29. The SMILES string of the molecule is c1cnc2ccc(CNc3nncs3)cc2c1. The van der Waals surface area contributed by atoms with Crippen molar-refractivity contribution in [1.82, 2.24) is 15.2 Å². The van der Waals surface area contributed by atoms with Crippen LogP contribution in [0.1, 0.15) is 5.56 Å². The van der Waals surface area contributed by atoms with Crippen LogP contribution in [0.2, 0.25) is 0 Å². The Hall–Kier alpha value is -2.01. The van der Waals surface area contributed by atoms with Crippen LogP contribution in [0.4, 0.5) is 5.13 Å². The number of hydrogen-bond donors (Lipinski definition) is 1. The fourth-order valence-corrected chi connectivity index (χ4v) is 2.11. The van der Waals surface area contributed by atoms with E-state index in [-0.39, 0.29) is 0 Å². The van der Waals surface area contributed by atoms with Gasteiger partial charge >= 0.3 is 0 Å². The first-order chi connectivity index (χ1) is 8.42. The minimum absolute atomic E-state index is 0.750. The lowest BCUT2D eigenvalue weighted by atomic mass is 10.1. The average Bonchev–Trinajstić information content (AvgIpc) is 2.89. The van der Waals surface area contributed by atoms with Crippen LogP contribution in [0.3, 0.4) is 0 Å². The van der Waals surface area contributed by atoms with Gasteiger partial charge in [-0.15, -0.1) is 10.2 Å². The van der Waals surface area contributed by atoms with Crippen molar-refractivity contribution in [3.63, 3.8) is 0 Å². The molecule has 2 heterocycles. The molecule has 0 radical (unpaired) electrons. The topological polar surface area (TPSA) is 50.7 Å². The Morgan fingerprint density at radius 2 is 2.24 bits per heavy atom. The van der Waals surface area contributed by atoms with E-state index in [1.807, 2.05) is 18.3 Å². The van der Waals surface area contributed by atoms with E-state index in [1.54, 1.807) is 5.51 Å². The van der Waals surface area contributed by atoms with Gasteiger partial charge in [-0.25, -0.2) is 0 Å². The molecule has 0 atom stereocenters. The second-order valence-corrected chi connectivity index (χ2v) is 4.46. The average molecular weight is 242 g/mol. The monoisotopic (exact) mass is 242 g/mol. The van der Waals surface area contributed by atoms with Gasteiger partial charge in [-0.05, 0) is 23.8 Å². The largest absolute Gasteiger partial charge is 0.356 e. The fraction of sp³-hybridized carbons (Fsp3) is 0.0833. The number of aromatic nitrogens is 3. The summed E-state index contributed by atoms with van der Waals surface area (Å²) in [6, 6.07) is 10.3. The van der Waals surface area contributed by atoms with Gasteiger partial charge in [0.25, 0.3) is 0 Å². The lowest BCUT2D eigenvalue weighted by Crippen LogP contribution is -1.98. The Kier molecular flexibility index (Phi) is 2.67. The zero-order valence-electron chi connectivity index (χ0n) is 9.00. The smallest absolute Gasteiger partial charge is 0.205 e. The lowest BCUT2D eigenvalue weighted by Gasteiger charge is -2.03. The van der Waals surface area contributed by atoms with E-state index in [1.165, 1.54) is 16.9 Å². The van der Waals surface area contributed by atoms with E-state index in [4.69, 9.17) is 0 Å². The predicted molar refractivity (Wildman–Crippen MR) is 69.0 cm³/mol. The number of pyridine rings is 1. The van der Waals surface area contributed by atoms with Crippen LogP contribution in [0.5, 0.6) is 0 Å². The van der Waals surface area contributed by atoms with Crippen LogP contribution in [0.15, 0.2) is 42.0 Å². The summed E-state index contributed by atoms with van der Waals surface area (Å²) in [5.41, 5.74) is 3.94. The van der Waals surface area contributed by atoms with Gasteiger partial charge in [0.15, 0.2) is 0 Å². The van der Waals surface area contributed by atoms with Crippen molar-refractivity contribution in [2.24, 2.45) is 0 Å². The highest BCUT2D eigenvalue weighted by atomic mass is 32.1. The van der Waals surface area contributed by atoms with Gasteiger partial charge in [-0.2, -0.15) is 0 Å². The summed E-state index contributed by atoms with van der Waals surface area (Å²) in [4.78, 5) is 4.29. The molecule has 4 nitrogen and oxygen atoms in total. The third-order valence-corrected chi connectivity index (χ3v) is 3.12. The minimum Gasteiger partial charge on any atom is -0.356 e. The normalized spacial score (nSPS) is 10.6. The number of nitrogens with zero attached hydrogens (tertiary/aromatic N) is 3. The Morgan fingerprint density at radius 3 is 3.12 bits per heavy atom. The van der Waals surface area contributed by atoms with Crippen LogP contribution >= 0.6 is 11.3 Å². The first-order valence-corrected chi connectivity index (χ1v) is 6.13. The van der Waals surface area contributed by atoms with E-state index >= 15 is 0 Å². The van der Waals surface area contributed by atoms with E-state index in [0.717, 1.165) is 22.6 Å². The number of fused-ring (bicyclic) bond motifs is 1. The Morgan fingerprint density at radius 1 is 1.24 bits per heavy atom. The summed E-state index contributed by atoms with van der Waals surface area (Å²) in [5, 5.41) is 12.9. The molecular formula is C12H10N4S. The van der Waals surface area contributed by atoms with Crippen LogP contribution in [0.25, 0.3) is 10.9 Å². The maximum atomic E-state index is 4.29. The quantitative estimate of drug-likeness (QED) is 0.767. The third kappa shape index (κ3) is 2.24. The van der Waals surface area contributed by atoms with Crippen LogP contribution in [-0.2, 0) is 6.54 Å². The van der Waals surface area contributed by atoms with Crippen molar-refractivity contribution >= 4 is 27.4 Å². The number of rotatable bonds is 3. The maximum Gasteiger partial charge on any atom is 0.205 e. The molecule has 3 rings (SSSR count). The molecule has 0 saturated carbocycles. The Labute approximate surface area is 102 Å². The van der Waals surface area contributed by atoms with E-state index in [9.17, 15) is 0 Å². The summed E-state index contributed by atoms with van der Waals surface area (Å²) in [7, 11) is 0. The van der Waals surface area contributed by atoms with Gasteiger partial charge in [-0.3, -0.25) is 4.98 Å². The van der Waals surface area contributed by atoms with Gasteiger partial charge in [0, 0.05) is 18.1 Å². The summed E-state index contributed by atoms with van der Waals surface area (Å²) in [6.07, 6.45) is 1.81. The highest BCUT2D eigenvalue weighted by molar-refractivity contribution is 7.13. The summed E-state index contributed by atoms with van der Waals surface area (Å²) < 4.78 is 0. The van der Waals surface area contributed by atoms with E-state index < -0.39 is 0 Å². The molecule has 1 N–H and O–H groups in total. The highest BCUT2D eigenvalue weighted by Gasteiger charge is 1.99. The molecule has 0 unspecified atom stereocenters. The molecule has 2 aromatic heterocycles. The number of benzene rings is 1. The molecule has 0 saturated heterocycles. The van der Waals surface area contributed by atoms with Crippen molar-refractivity contribution in [3.05, 3.63) is 47.6 Å². The molecule has 0 fully saturated rings. The molecule has 0 aliphatic rings. The van der Waals surface area contributed by atoms with Gasteiger partial charge in [0.05, 0.1) is 5.52 Å². The third-order valence-electron chi connectivity index (χ3n) is 2.47. The second kappa shape index (κ2) is 4.47. The molecule has 0 bridgehead atoms. The summed E-state index contributed by atoms with van der Waals surface area (Å²) >= 11 is 1.50. The zero-order chi connectivity index (χ0) is 11.5. The van der Waals surface area contributed by atoms with Gasteiger partial charge in [0.1, 0.15) is 5.51 Å². The van der Waals surface area contributed by atoms with Crippen LogP contribution < -0.4 is 5.32 Å². The van der Waals surface area contributed by atoms with Crippen molar-refractivity contribution in [3.8, 4) is 0 Å². The zero-order valence-corrected chi connectivity index (χ0v) is 9.81. The molecule has 84 valence electrons. The fourth-order valence-electron chi connectivity index (χ4n) is 1.66. The molecule has 17 heavy (non-hydrogen) atoms. The van der Waals surface area contributed by atoms with Crippen molar-refractivity contribution in [2.75, 3.05) is 5.32 Å². The molecule has 5 heteroatoms. The van der Waals surface area contributed by atoms with Gasteiger partial charge in [0.2, 0.25) is 5.13 Å². The van der Waals surface area contributed by atoms with E-state index in [0.29, 0.717) is 0 Å². The molecule has 0 aliphatic carbocycles. The number of nitrogens with one attached hydrogen (secondary N) is 1. The lowest BCUT2D eigenvalue weighted by molar-refractivity contribution is 1.05. The first-order valence-electron chi connectivity index (χ1n) is 5.25. The summed E-state index contributed by atoms with van der Waals surface area (Å²) in [5.74, 6) is 0. The molecular weight excluding hydrogens is 232 g/mol. The molecule has 0 amide bonds. The van der Waals surface area contributed by atoms with Crippen LogP contribution in [0, 0.1) is 0 Å². The van der Waals surface area contributed by atoms with E-state index in [2.05, 4.69) is 38.7 Å². The molecule has 0 aliphatic heterocycles.